The van der Waals surface area contributed by atoms with E-state index in [0.29, 0.717) is 11.1 Å². The molecule has 8 aromatic rings. The lowest BCUT2D eigenvalue weighted by Gasteiger charge is -2.35. The molecule has 0 fully saturated rings. The number of hydrogen-bond donors (Lipinski definition) is 0. The second kappa shape index (κ2) is 13.0. The highest BCUT2D eigenvalue weighted by Gasteiger charge is 2.38. The Morgan fingerprint density at radius 3 is 1.13 bits per heavy atom. The van der Waals surface area contributed by atoms with Gasteiger partial charge in [-0.2, -0.15) is 0 Å². The number of unbranched alkanes of at least 4 members (excludes halogenated alkanes) is 8. The van der Waals surface area contributed by atoms with Crippen LogP contribution in [-0.2, 0) is 0 Å². The molecule has 0 spiro atoms. The van der Waals surface area contributed by atoms with Gasteiger partial charge in [-0.05, 0) is 120 Å². The summed E-state index contributed by atoms with van der Waals surface area (Å²) in [6.07, 6.45) is 13.5. The van der Waals surface area contributed by atoms with Crippen molar-refractivity contribution in [2.75, 3.05) is 0 Å². The molecule has 0 aromatic heterocycles. The monoisotopic (exact) mass is 683 g/mol. The number of amides is 2. The first-order valence-electron chi connectivity index (χ1n) is 20.1. The zero-order chi connectivity index (χ0) is 35.7. The highest BCUT2D eigenvalue weighted by atomic mass is 16.2. The fourth-order valence-corrected chi connectivity index (χ4v) is 10.1. The van der Waals surface area contributed by atoms with Gasteiger partial charge in [0.25, 0.3) is 11.8 Å². The zero-order valence-corrected chi connectivity index (χ0v) is 31.3. The third-order valence-corrected chi connectivity index (χ3v) is 12.6. The summed E-state index contributed by atoms with van der Waals surface area (Å²) in [5.41, 5.74) is 3.98. The Kier molecular flexibility index (Phi) is 8.29. The van der Waals surface area contributed by atoms with Crippen molar-refractivity contribution < 1.29 is 9.59 Å². The number of nitrogens with zero attached hydrogens (tertiary/aromatic N) is 1. The van der Waals surface area contributed by atoms with E-state index in [0.717, 1.165) is 60.1 Å². The van der Waals surface area contributed by atoms with Gasteiger partial charge in [-0.1, -0.05) is 139 Å². The lowest BCUT2D eigenvalue weighted by atomic mass is 9.81. The third kappa shape index (κ3) is 4.84. The molecule has 0 aliphatic carbocycles. The Morgan fingerprint density at radius 1 is 0.404 bits per heavy atom. The van der Waals surface area contributed by atoms with E-state index in [4.69, 9.17) is 0 Å². The van der Waals surface area contributed by atoms with Crippen molar-refractivity contribution >= 4 is 87.2 Å². The molecular formula is C49H49NO2. The van der Waals surface area contributed by atoms with Crippen molar-refractivity contribution in [3.8, 4) is 0 Å². The molecule has 0 saturated carbocycles. The van der Waals surface area contributed by atoms with Crippen LogP contribution in [0.5, 0.6) is 0 Å². The molecule has 0 bridgehead atoms. The minimum Gasteiger partial charge on any atom is -0.271 e. The Bertz CT molecular complexity index is 2510. The number of aryl methyl sites for hydroxylation is 2. The molecule has 0 saturated heterocycles. The summed E-state index contributed by atoms with van der Waals surface area (Å²) in [5, 5.41) is 16.9. The summed E-state index contributed by atoms with van der Waals surface area (Å²) >= 11 is 0. The molecule has 2 amide bonds. The molecule has 8 aromatic carbocycles. The van der Waals surface area contributed by atoms with Gasteiger partial charge in [0, 0.05) is 22.6 Å². The van der Waals surface area contributed by atoms with Crippen LogP contribution < -0.4 is 0 Å². The summed E-state index contributed by atoms with van der Waals surface area (Å²) in [6, 6.07) is 26.7. The van der Waals surface area contributed by atoms with Crippen molar-refractivity contribution in [2.45, 2.75) is 111 Å². The SMILES string of the molecule is CCCCCCCC(CCCCCCC)N1C(=O)c2ccc3c4ccc5c6ccc(C)c7c(C)ccc(c8ccc(c9ccc(c2c39)C1=O)c4c58)c76. The molecule has 0 unspecified atom stereocenters. The van der Waals surface area contributed by atoms with Gasteiger partial charge in [-0.3, -0.25) is 14.5 Å². The first kappa shape index (κ1) is 33.1. The molecule has 3 nitrogen and oxygen atoms in total. The maximum absolute atomic E-state index is 14.6. The van der Waals surface area contributed by atoms with Gasteiger partial charge in [0.1, 0.15) is 0 Å². The lowest BCUT2D eigenvalue weighted by Crippen LogP contribution is -2.47. The standard InChI is InChI=1S/C49H49NO2/c1-5-7-9-11-13-15-31(16-14-12-10-8-6-2)50-48(51)40-27-25-38-36-23-21-34-32-19-17-29(3)42-30(4)18-20-33(43(32)42)35-22-24-37(45(36)44(34)35)39-26-28-41(49(50)52)47(40)46(38)39/h17-28,31H,5-16H2,1-4H3. The second-order valence-electron chi connectivity index (χ2n) is 15.8. The third-order valence-electron chi connectivity index (χ3n) is 12.6. The number of carbonyl (C=O) groups is 2. The topological polar surface area (TPSA) is 37.4 Å². The van der Waals surface area contributed by atoms with E-state index < -0.39 is 0 Å². The number of rotatable bonds is 13. The van der Waals surface area contributed by atoms with Crippen LogP contribution in [-0.4, -0.2) is 22.8 Å². The van der Waals surface area contributed by atoms with Crippen LogP contribution in [0.4, 0.5) is 0 Å². The summed E-state index contributed by atoms with van der Waals surface area (Å²) in [5.74, 6) is -0.223. The molecule has 1 aliphatic rings. The van der Waals surface area contributed by atoms with Gasteiger partial charge < -0.3 is 0 Å². The van der Waals surface area contributed by atoms with Gasteiger partial charge in [0.05, 0.1) is 0 Å². The van der Waals surface area contributed by atoms with Crippen LogP contribution in [0.3, 0.4) is 0 Å². The van der Waals surface area contributed by atoms with E-state index in [-0.39, 0.29) is 17.9 Å². The van der Waals surface area contributed by atoms with Gasteiger partial charge in [0.15, 0.2) is 0 Å². The maximum atomic E-state index is 14.6. The molecule has 52 heavy (non-hydrogen) atoms. The minimum atomic E-state index is -0.111. The Labute approximate surface area is 306 Å². The molecule has 1 aliphatic heterocycles. The number of fused-ring (bicyclic) bond motifs is 4. The Morgan fingerprint density at radius 2 is 0.731 bits per heavy atom. The van der Waals surface area contributed by atoms with Gasteiger partial charge >= 0.3 is 0 Å². The fourth-order valence-electron chi connectivity index (χ4n) is 10.1. The van der Waals surface area contributed by atoms with Crippen LogP contribution in [0.15, 0.2) is 72.8 Å². The van der Waals surface area contributed by atoms with Crippen molar-refractivity contribution in [3.63, 3.8) is 0 Å². The second-order valence-corrected chi connectivity index (χ2v) is 15.8. The predicted octanol–water partition coefficient (Wildman–Crippen LogP) is 13.9. The van der Waals surface area contributed by atoms with Crippen molar-refractivity contribution in [3.05, 3.63) is 95.1 Å². The van der Waals surface area contributed by atoms with Crippen molar-refractivity contribution in [2.24, 2.45) is 0 Å². The van der Waals surface area contributed by atoms with Crippen molar-refractivity contribution in [1.29, 1.82) is 0 Å². The normalized spacial score (nSPS) is 13.8. The fraction of sp³-hybridized carbons (Fsp3) is 0.347. The van der Waals surface area contributed by atoms with Crippen LogP contribution in [0.25, 0.3) is 75.4 Å². The molecule has 3 heteroatoms. The summed E-state index contributed by atoms with van der Waals surface area (Å²) in [4.78, 5) is 30.8. The van der Waals surface area contributed by atoms with E-state index >= 15 is 0 Å². The quantitative estimate of drug-likeness (QED) is 0.0525. The van der Waals surface area contributed by atoms with Crippen LogP contribution in [0.1, 0.15) is 123 Å². The molecule has 0 radical (unpaired) electrons. The smallest absolute Gasteiger partial charge is 0.261 e. The summed E-state index contributed by atoms with van der Waals surface area (Å²) in [7, 11) is 0. The van der Waals surface area contributed by atoms with Gasteiger partial charge in [-0.25, -0.2) is 0 Å². The number of imide groups is 1. The zero-order valence-electron chi connectivity index (χ0n) is 31.3. The van der Waals surface area contributed by atoms with Crippen LogP contribution >= 0.6 is 0 Å². The predicted molar refractivity (Wildman–Crippen MR) is 222 cm³/mol. The summed E-state index contributed by atoms with van der Waals surface area (Å²) in [6.45, 7) is 8.92. The first-order valence-corrected chi connectivity index (χ1v) is 20.1. The highest BCUT2D eigenvalue weighted by Crippen LogP contribution is 2.49. The molecule has 262 valence electrons. The Hall–Kier alpha value is -4.76. The van der Waals surface area contributed by atoms with E-state index in [1.807, 2.05) is 12.1 Å². The molecule has 0 N–H and O–H groups in total. The summed E-state index contributed by atoms with van der Waals surface area (Å²) < 4.78 is 0. The first-order chi connectivity index (χ1) is 25.4. The van der Waals surface area contributed by atoms with Crippen LogP contribution in [0, 0.1) is 13.8 Å². The molecule has 9 rings (SSSR count). The van der Waals surface area contributed by atoms with Crippen molar-refractivity contribution in [1.82, 2.24) is 4.90 Å². The lowest BCUT2D eigenvalue weighted by molar-refractivity contribution is 0.0517. The number of benzene rings is 8. The number of carbonyl (C=O) groups excluding carboxylic acids is 2. The average Bonchev–Trinajstić information content (AvgIpc) is 3.16. The molecule has 0 atom stereocenters. The highest BCUT2D eigenvalue weighted by molar-refractivity contribution is 6.44. The number of hydrogen-bond acceptors (Lipinski definition) is 2. The van der Waals surface area contributed by atoms with Gasteiger partial charge in [-0.15, -0.1) is 0 Å². The molecular weight excluding hydrogens is 635 g/mol. The van der Waals surface area contributed by atoms with E-state index in [1.165, 1.54) is 104 Å². The largest absolute Gasteiger partial charge is 0.271 e. The minimum absolute atomic E-state index is 0.0597. The van der Waals surface area contributed by atoms with E-state index in [9.17, 15) is 9.59 Å². The van der Waals surface area contributed by atoms with Crippen LogP contribution in [0.2, 0.25) is 0 Å². The Balaban J connectivity index is 1.21. The van der Waals surface area contributed by atoms with E-state index in [1.54, 1.807) is 4.90 Å². The average molecular weight is 684 g/mol. The maximum Gasteiger partial charge on any atom is 0.261 e. The van der Waals surface area contributed by atoms with E-state index in [2.05, 4.69) is 88.4 Å². The van der Waals surface area contributed by atoms with Gasteiger partial charge in [0.2, 0.25) is 0 Å². The molecule has 1 heterocycles.